The molecule has 2 N–H and O–H groups in total. The van der Waals surface area contributed by atoms with Gasteiger partial charge in [-0.3, -0.25) is 4.79 Å². The topological polar surface area (TPSA) is 71.3 Å². The van der Waals surface area contributed by atoms with Crippen LogP contribution in [0.2, 0.25) is 0 Å². The first kappa shape index (κ1) is 14.3. The average molecular weight is 275 g/mol. The minimum Gasteiger partial charge on any atom is -0.370 e. The Hall–Kier alpha value is -2.11. The lowest BCUT2D eigenvalue weighted by Crippen LogP contribution is -2.24. The predicted octanol–water partition coefficient (Wildman–Crippen LogP) is 2.08. The Morgan fingerprint density at radius 3 is 2.90 bits per heavy atom. The number of rotatable bonds is 7. The van der Waals surface area contributed by atoms with Gasteiger partial charge in [-0.25, -0.2) is 9.50 Å². The fourth-order valence-corrected chi connectivity index (χ4v) is 1.85. The summed E-state index contributed by atoms with van der Waals surface area (Å²) in [6.07, 6.45) is 6.42. The number of nitrogens with zero attached hydrogens (tertiary/aromatic N) is 3. The summed E-state index contributed by atoms with van der Waals surface area (Å²) >= 11 is 0. The van der Waals surface area contributed by atoms with Gasteiger partial charge in [0.15, 0.2) is 5.65 Å². The highest BCUT2D eigenvalue weighted by molar-refractivity contribution is 5.99. The maximum absolute atomic E-state index is 12.1. The number of carbonyl (C=O) groups excluding carboxylic acids is 1. The molecular weight excluding hydrogens is 254 g/mol. The highest BCUT2D eigenvalue weighted by atomic mass is 16.1. The fourth-order valence-electron chi connectivity index (χ4n) is 1.85. The zero-order chi connectivity index (χ0) is 14.4. The number of hydrogen-bond acceptors (Lipinski definition) is 4. The van der Waals surface area contributed by atoms with Gasteiger partial charge in [0, 0.05) is 19.3 Å². The lowest BCUT2D eigenvalue weighted by atomic mass is 10.3. The Kier molecular flexibility index (Phi) is 4.92. The van der Waals surface area contributed by atoms with Gasteiger partial charge in [-0.2, -0.15) is 5.10 Å². The molecule has 0 unspecified atom stereocenters. The van der Waals surface area contributed by atoms with Crippen LogP contribution in [0.1, 0.15) is 43.5 Å². The van der Waals surface area contributed by atoms with E-state index in [1.165, 1.54) is 0 Å². The second-order valence-corrected chi connectivity index (χ2v) is 4.68. The second kappa shape index (κ2) is 6.88. The maximum atomic E-state index is 12.1. The molecular formula is C14H21N5O. The van der Waals surface area contributed by atoms with Gasteiger partial charge in [-0.1, -0.05) is 20.3 Å². The highest BCUT2D eigenvalue weighted by Gasteiger charge is 2.13. The summed E-state index contributed by atoms with van der Waals surface area (Å²) in [6, 6.07) is 1.86. The fraction of sp³-hybridized carbons (Fsp3) is 0.500. The third-order valence-electron chi connectivity index (χ3n) is 2.99. The number of nitrogens with one attached hydrogen (secondary N) is 2. The van der Waals surface area contributed by atoms with Crippen molar-refractivity contribution < 1.29 is 4.79 Å². The molecule has 6 heteroatoms. The molecule has 6 nitrogen and oxygen atoms in total. The van der Waals surface area contributed by atoms with Crippen molar-refractivity contribution in [3.63, 3.8) is 0 Å². The second-order valence-electron chi connectivity index (χ2n) is 4.68. The first-order chi connectivity index (χ1) is 9.76. The maximum Gasteiger partial charge on any atom is 0.256 e. The van der Waals surface area contributed by atoms with Crippen LogP contribution in [-0.2, 0) is 0 Å². The average Bonchev–Trinajstić information content (AvgIpc) is 2.88. The van der Waals surface area contributed by atoms with Crippen molar-refractivity contribution in [2.45, 2.75) is 33.1 Å². The van der Waals surface area contributed by atoms with Crippen molar-refractivity contribution in [3.8, 4) is 0 Å². The van der Waals surface area contributed by atoms with E-state index in [1.807, 2.05) is 12.3 Å². The minimum absolute atomic E-state index is 0.117. The molecule has 0 saturated heterocycles. The standard InChI is InChI=1S/C14H21N5O/c1-3-5-8-16-14(20)11-10-17-19-9-6-12(15-7-4-2)18-13(11)19/h6,9-10H,3-5,7-8H2,1-2H3,(H,15,18)(H,16,20). The van der Waals surface area contributed by atoms with E-state index in [0.717, 1.165) is 31.6 Å². The number of amides is 1. The van der Waals surface area contributed by atoms with Crippen molar-refractivity contribution >= 4 is 17.4 Å². The van der Waals surface area contributed by atoms with Gasteiger partial charge in [-0.05, 0) is 18.9 Å². The molecule has 108 valence electrons. The molecule has 2 heterocycles. The van der Waals surface area contributed by atoms with Crippen LogP contribution in [0, 0.1) is 0 Å². The van der Waals surface area contributed by atoms with E-state index in [0.29, 0.717) is 17.8 Å². The van der Waals surface area contributed by atoms with Gasteiger partial charge in [0.2, 0.25) is 0 Å². The Bertz CT molecular complexity index is 578. The van der Waals surface area contributed by atoms with E-state index < -0.39 is 0 Å². The van der Waals surface area contributed by atoms with Crippen molar-refractivity contribution in [2.75, 3.05) is 18.4 Å². The first-order valence-corrected chi connectivity index (χ1v) is 7.12. The molecule has 0 aromatic carbocycles. The summed E-state index contributed by atoms with van der Waals surface area (Å²) < 4.78 is 1.62. The number of anilines is 1. The SMILES string of the molecule is CCCCNC(=O)c1cnn2ccc(NCCC)nc12. The van der Waals surface area contributed by atoms with E-state index in [1.54, 1.807) is 10.7 Å². The largest absolute Gasteiger partial charge is 0.370 e. The third kappa shape index (κ3) is 3.26. The van der Waals surface area contributed by atoms with Crippen LogP contribution in [0.3, 0.4) is 0 Å². The molecule has 2 aromatic heterocycles. The molecule has 20 heavy (non-hydrogen) atoms. The highest BCUT2D eigenvalue weighted by Crippen LogP contribution is 2.11. The molecule has 0 spiro atoms. The number of aromatic nitrogens is 3. The van der Waals surface area contributed by atoms with E-state index in [9.17, 15) is 4.79 Å². The lowest BCUT2D eigenvalue weighted by Gasteiger charge is -2.05. The van der Waals surface area contributed by atoms with E-state index in [-0.39, 0.29) is 5.91 Å². The smallest absolute Gasteiger partial charge is 0.256 e. The summed E-state index contributed by atoms with van der Waals surface area (Å²) in [5.74, 6) is 0.649. The van der Waals surface area contributed by atoms with Crippen LogP contribution in [0.4, 0.5) is 5.82 Å². The molecule has 0 saturated carbocycles. The zero-order valence-electron chi connectivity index (χ0n) is 12.0. The Morgan fingerprint density at radius 1 is 1.30 bits per heavy atom. The summed E-state index contributed by atoms with van der Waals surface area (Å²) in [5.41, 5.74) is 1.10. The Balaban J connectivity index is 2.18. The molecule has 0 aliphatic carbocycles. The zero-order valence-corrected chi connectivity index (χ0v) is 12.0. The van der Waals surface area contributed by atoms with Gasteiger partial charge in [0.25, 0.3) is 5.91 Å². The molecule has 0 radical (unpaired) electrons. The van der Waals surface area contributed by atoms with E-state index in [4.69, 9.17) is 0 Å². The molecule has 0 aliphatic heterocycles. The van der Waals surface area contributed by atoms with E-state index >= 15 is 0 Å². The van der Waals surface area contributed by atoms with Gasteiger partial charge < -0.3 is 10.6 Å². The minimum atomic E-state index is -0.117. The Labute approximate surface area is 118 Å². The van der Waals surface area contributed by atoms with Crippen LogP contribution in [0.5, 0.6) is 0 Å². The molecule has 2 rings (SSSR count). The van der Waals surface area contributed by atoms with Crippen LogP contribution >= 0.6 is 0 Å². The summed E-state index contributed by atoms with van der Waals surface area (Å²) in [5, 5.41) is 10.3. The van der Waals surface area contributed by atoms with Crippen molar-refractivity contribution in [3.05, 3.63) is 24.0 Å². The predicted molar refractivity (Wildman–Crippen MR) is 79.0 cm³/mol. The first-order valence-electron chi connectivity index (χ1n) is 7.12. The van der Waals surface area contributed by atoms with Crippen LogP contribution in [-0.4, -0.2) is 33.6 Å². The number of carbonyl (C=O) groups is 1. The number of hydrogen-bond donors (Lipinski definition) is 2. The van der Waals surface area contributed by atoms with Crippen LogP contribution in [0.15, 0.2) is 18.5 Å². The van der Waals surface area contributed by atoms with Crippen LogP contribution in [0.25, 0.3) is 5.65 Å². The molecule has 0 aliphatic rings. The number of fused-ring (bicyclic) bond motifs is 1. The Morgan fingerprint density at radius 2 is 2.15 bits per heavy atom. The van der Waals surface area contributed by atoms with Gasteiger partial charge >= 0.3 is 0 Å². The van der Waals surface area contributed by atoms with Crippen molar-refractivity contribution in [1.82, 2.24) is 19.9 Å². The number of unbranched alkanes of at least 4 members (excludes halogenated alkanes) is 1. The van der Waals surface area contributed by atoms with Crippen molar-refractivity contribution in [1.29, 1.82) is 0 Å². The summed E-state index contributed by atoms with van der Waals surface area (Å²) in [4.78, 5) is 16.5. The quantitative estimate of drug-likeness (QED) is 0.759. The molecule has 2 aromatic rings. The van der Waals surface area contributed by atoms with Crippen LogP contribution < -0.4 is 10.6 Å². The van der Waals surface area contributed by atoms with Gasteiger partial charge in [0.1, 0.15) is 11.4 Å². The molecule has 1 amide bonds. The third-order valence-corrected chi connectivity index (χ3v) is 2.99. The molecule has 0 fully saturated rings. The van der Waals surface area contributed by atoms with E-state index in [2.05, 4.69) is 34.6 Å². The normalized spacial score (nSPS) is 10.7. The summed E-state index contributed by atoms with van der Waals surface area (Å²) in [7, 11) is 0. The van der Waals surface area contributed by atoms with Crippen molar-refractivity contribution in [2.24, 2.45) is 0 Å². The lowest BCUT2D eigenvalue weighted by molar-refractivity contribution is 0.0954. The monoisotopic (exact) mass is 275 g/mol. The van der Waals surface area contributed by atoms with Gasteiger partial charge in [0.05, 0.1) is 6.20 Å². The molecule has 0 atom stereocenters. The van der Waals surface area contributed by atoms with Gasteiger partial charge in [-0.15, -0.1) is 0 Å². The molecule has 0 bridgehead atoms. The summed E-state index contributed by atoms with van der Waals surface area (Å²) in [6.45, 7) is 5.72.